The van der Waals surface area contributed by atoms with Gasteiger partial charge in [0.2, 0.25) is 0 Å². The predicted octanol–water partition coefficient (Wildman–Crippen LogP) is 7.28. The van der Waals surface area contributed by atoms with E-state index in [1.54, 1.807) is 0 Å². The summed E-state index contributed by atoms with van der Waals surface area (Å²) in [5, 5.41) is 10.6. The molecule has 3 nitrogen and oxygen atoms in total. The zero-order valence-electron chi connectivity index (χ0n) is 22.1. The zero-order chi connectivity index (χ0) is 24.6. The minimum Gasteiger partial charge on any atom is -0.303 e. The van der Waals surface area contributed by atoms with E-state index >= 15 is 0 Å². The van der Waals surface area contributed by atoms with Crippen molar-refractivity contribution < 1.29 is 0 Å². The van der Waals surface area contributed by atoms with E-state index in [0.29, 0.717) is 18.1 Å². The van der Waals surface area contributed by atoms with Gasteiger partial charge in [-0.3, -0.25) is 4.90 Å². The van der Waals surface area contributed by atoms with Crippen molar-refractivity contribution in [2.45, 2.75) is 96.2 Å². The van der Waals surface area contributed by atoms with Crippen LogP contribution in [0.3, 0.4) is 0 Å². The van der Waals surface area contributed by atoms with Crippen LogP contribution < -0.4 is 0 Å². The second-order valence-electron chi connectivity index (χ2n) is 10.8. The Morgan fingerprint density at radius 1 is 0.824 bits per heavy atom. The highest BCUT2D eigenvalue weighted by Crippen LogP contribution is 2.35. The summed E-state index contributed by atoms with van der Waals surface area (Å²) in [5.41, 5.74) is 3.13. The molecule has 1 aliphatic rings. The van der Waals surface area contributed by atoms with Crippen molar-refractivity contribution in [2.75, 3.05) is 20.1 Å². The SMILES string of the molecule is CC(C)N(CCC(C#N)(CCN(C)C1CCCCC1)c1ccc(-c2ccccc2)cc1)C(C)C. The molecule has 0 radical (unpaired) electrons. The van der Waals surface area contributed by atoms with Crippen LogP contribution in [0.4, 0.5) is 0 Å². The molecule has 3 heteroatoms. The molecule has 1 unspecified atom stereocenters. The maximum atomic E-state index is 10.6. The molecule has 0 saturated heterocycles. The molecule has 1 fully saturated rings. The normalized spacial score (nSPS) is 16.8. The van der Waals surface area contributed by atoms with E-state index in [1.165, 1.54) is 48.8 Å². The van der Waals surface area contributed by atoms with Crippen LogP contribution in [0, 0.1) is 11.3 Å². The third-order valence-electron chi connectivity index (χ3n) is 7.97. The van der Waals surface area contributed by atoms with E-state index in [4.69, 9.17) is 0 Å². The minimum atomic E-state index is -0.472. The van der Waals surface area contributed by atoms with E-state index in [9.17, 15) is 5.26 Å². The lowest BCUT2D eigenvalue weighted by molar-refractivity contribution is 0.150. The van der Waals surface area contributed by atoms with Gasteiger partial charge in [0.1, 0.15) is 0 Å². The molecular weight excluding hydrogens is 414 g/mol. The van der Waals surface area contributed by atoms with Crippen molar-refractivity contribution >= 4 is 0 Å². The van der Waals surface area contributed by atoms with Crippen LogP contribution in [-0.2, 0) is 5.41 Å². The van der Waals surface area contributed by atoms with Gasteiger partial charge in [0.05, 0.1) is 11.5 Å². The number of rotatable bonds is 11. The fraction of sp³-hybridized carbons (Fsp3) is 0.581. The molecule has 3 rings (SSSR count). The van der Waals surface area contributed by atoms with E-state index < -0.39 is 5.41 Å². The summed E-state index contributed by atoms with van der Waals surface area (Å²) >= 11 is 0. The Kier molecular flexibility index (Phi) is 9.74. The van der Waals surface area contributed by atoms with Gasteiger partial charge in [-0.25, -0.2) is 0 Å². The molecule has 2 aromatic rings. The second kappa shape index (κ2) is 12.5. The first-order valence-corrected chi connectivity index (χ1v) is 13.4. The Bertz CT molecular complexity index is 883. The van der Waals surface area contributed by atoms with Crippen LogP contribution in [0.25, 0.3) is 11.1 Å². The molecule has 1 atom stereocenters. The zero-order valence-corrected chi connectivity index (χ0v) is 22.1. The standard InChI is InChI=1S/C31H45N3/c1-25(2)34(26(3)4)23-21-31(24-32,20-22-33(5)30-14-10-7-11-15-30)29-18-16-28(17-19-29)27-12-8-6-9-13-27/h6,8-9,12-13,16-19,25-26,30H,7,10-11,14-15,20-23H2,1-5H3. The molecule has 0 spiro atoms. The molecule has 0 amide bonds. The van der Waals surface area contributed by atoms with Gasteiger partial charge in [-0.15, -0.1) is 0 Å². The Balaban J connectivity index is 1.84. The summed E-state index contributed by atoms with van der Waals surface area (Å²) in [7, 11) is 2.27. The summed E-state index contributed by atoms with van der Waals surface area (Å²) < 4.78 is 0. The van der Waals surface area contributed by atoms with Gasteiger partial charge in [-0.1, -0.05) is 73.9 Å². The molecule has 34 heavy (non-hydrogen) atoms. The van der Waals surface area contributed by atoms with Gasteiger partial charge in [0.15, 0.2) is 0 Å². The molecule has 184 valence electrons. The molecule has 1 aliphatic carbocycles. The van der Waals surface area contributed by atoms with Gasteiger partial charge in [-0.2, -0.15) is 5.26 Å². The van der Waals surface area contributed by atoms with Crippen molar-refractivity contribution in [3.8, 4) is 17.2 Å². The summed E-state index contributed by atoms with van der Waals surface area (Å²) in [5.74, 6) is 0. The molecular formula is C31H45N3. The molecule has 2 aromatic carbocycles. The van der Waals surface area contributed by atoms with Crippen molar-refractivity contribution in [3.05, 3.63) is 60.2 Å². The van der Waals surface area contributed by atoms with Crippen molar-refractivity contribution in [2.24, 2.45) is 0 Å². The van der Waals surface area contributed by atoms with E-state index in [0.717, 1.165) is 25.9 Å². The fourth-order valence-corrected chi connectivity index (χ4v) is 5.71. The van der Waals surface area contributed by atoms with Gasteiger partial charge >= 0.3 is 0 Å². The highest BCUT2D eigenvalue weighted by Gasteiger charge is 2.34. The number of nitrogens with zero attached hydrogens (tertiary/aromatic N) is 3. The quantitative estimate of drug-likeness (QED) is 0.354. The van der Waals surface area contributed by atoms with E-state index in [2.05, 4.69) is 105 Å². The van der Waals surface area contributed by atoms with Gasteiger partial charge < -0.3 is 4.90 Å². The summed E-state index contributed by atoms with van der Waals surface area (Å²) in [6.07, 6.45) is 8.41. The molecule has 0 bridgehead atoms. The topological polar surface area (TPSA) is 30.3 Å². The average Bonchev–Trinajstić information content (AvgIpc) is 2.87. The lowest BCUT2D eigenvalue weighted by Gasteiger charge is -2.37. The highest BCUT2D eigenvalue weighted by atomic mass is 15.2. The van der Waals surface area contributed by atoms with Crippen molar-refractivity contribution in [3.63, 3.8) is 0 Å². The minimum absolute atomic E-state index is 0.472. The van der Waals surface area contributed by atoms with Gasteiger partial charge in [0, 0.05) is 24.7 Å². The predicted molar refractivity (Wildman–Crippen MR) is 145 cm³/mol. The molecule has 0 heterocycles. The molecule has 0 aromatic heterocycles. The van der Waals surface area contributed by atoms with Crippen LogP contribution in [-0.4, -0.2) is 48.1 Å². The summed E-state index contributed by atoms with van der Waals surface area (Å²) in [6.45, 7) is 11.0. The Morgan fingerprint density at radius 3 is 1.94 bits per heavy atom. The van der Waals surface area contributed by atoms with Crippen molar-refractivity contribution in [1.82, 2.24) is 9.80 Å². The third-order valence-corrected chi connectivity index (χ3v) is 7.97. The molecule has 1 saturated carbocycles. The summed E-state index contributed by atoms with van der Waals surface area (Å²) in [6, 6.07) is 23.8. The highest BCUT2D eigenvalue weighted by molar-refractivity contribution is 5.63. The Hall–Kier alpha value is -2.15. The van der Waals surface area contributed by atoms with Crippen LogP contribution in [0.15, 0.2) is 54.6 Å². The lowest BCUT2D eigenvalue weighted by Crippen LogP contribution is -2.42. The third kappa shape index (κ3) is 6.71. The van der Waals surface area contributed by atoms with E-state index in [1.807, 2.05) is 0 Å². The maximum absolute atomic E-state index is 10.6. The largest absolute Gasteiger partial charge is 0.303 e. The smallest absolute Gasteiger partial charge is 0.0846 e. The van der Waals surface area contributed by atoms with Crippen LogP contribution in [0.2, 0.25) is 0 Å². The van der Waals surface area contributed by atoms with Crippen LogP contribution in [0.5, 0.6) is 0 Å². The number of hydrogen-bond donors (Lipinski definition) is 0. The number of hydrogen-bond acceptors (Lipinski definition) is 3. The van der Waals surface area contributed by atoms with Gasteiger partial charge in [0.25, 0.3) is 0 Å². The van der Waals surface area contributed by atoms with E-state index in [-0.39, 0.29) is 0 Å². The van der Waals surface area contributed by atoms with Gasteiger partial charge in [-0.05, 0) is 83.7 Å². The first-order chi connectivity index (χ1) is 16.4. The number of benzene rings is 2. The second-order valence-corrected chi connectivity index (χ2v) is 10.8. The van der Waals surface area contributed by atoms with Crippen molar-refractivity contribution in [1.29, 1.82) is 5.26 Å². The van der Waals surface area contributed by atoms with Crippen LogP contribution in [0.1, 0.15) is 78.2 Å². The Labute approximate surface area is 208 Å². The fourth-order valence-electron chi connectivity index (χ4n) is 5.71. The summed E-state index contributed by atoms with van der Waals surface area (Å²) in [4.78, 5) is 5.06. The molecule has 0 N–H and O–H groups in total. The monoisotopic (exact) mass is 459 g/mol. The number of nitriles is 1. The first-order valence-electron chi connectivity index (χ1n) is 13.4. The lowest BCUT2D eigenvalue weighted by atomic mass is 9.75. The average molecular weight is 460 g/mol. The first kappa shape index (κ1) is 26.5. The van der Waals surface area contributed by atoms with Crippen LogP contribution >= 0.6 is 0 Å². The Morgan fingerprint density at radius 2 is 1.38 bits per heavy atom. The maximum Gasteiger partial charge on any atom is 0.0846 e. The molecule has 0 aliphatic heterocycles.